The number of carbonyl (C=O) groups excluding carboxylic acids is 1. The summed E-state index contributed by atoms with van der Waals surface area (Å²) in [7, 11) is 0.171. The van der Waals surface area contributed by atoms with E-state index >= 15 is 0 Å². The van der Waals surface area contributed by atoms with Gasteiger partial charge in [0.1, 0.15) is 0 Å². The van der Waals surface area contributed by atoms with Crippen LogP contribution in [0.2, 0.25) is 0 Å². The molecule has 0 bridgehead atoms. The van der Waals surface area contributed by atoms with Crippen LogP contribution in [-0.2, 0) is 9.09 Å². The van der Waals surface area contributed by atoms with Crippen molar-refractivity contribution in [1.82, 2.24) is 10.2 Å². The zero-order valence-electron chi connectivity index (χ0n) is 16.3. The summed E-state index contributed by atoms with van der Waals surface area (Å²) in [6, 6.07) is 0. The third-order valence-corrected chi connectivity index (χ3v) is 5.04. The Hall–Kier alpha value is -0.910. The molecule has 8 heteroatoms. The van der Waals surface area contributed by atoms with E-state index in [4.69, 9.17) is 0 Å². The molecule has 0 rings (SSSR count). The van der Waals surface area contributed by atoms with Crippen molar-refractivity contribution < 1.29 is 18.8 Å². The summed E-state index contributed by atoms with van der Waals surface area (Å²) in [5.41, 5.74) is -1.06. The average molecular weight is 377 g/mol. The van der Waals surface area contributed by atoms with Gasteiger partial charge in [-0.15, -0.1) is 0 Å². The van der Waals surface area contributed by atoms with Gasteiger partial charge in [-0.2, -0.15) is 0 Å². The lowest BCUT2D eigenvalue weighted by Gasteiger charge is -2.17. The molecule has 2 N–H and O–H groups in total. The molecule has 7 nitrogen and oxygen atoms in total. The Balaban J connectivity index is 3.95. The van der Waals surface area contributed by atoms with Gasteiger partial charge in [-0.25, -0.2) is 4.57 Å². The molecule has 0 aliphatic carbocycles. The summed E-state index contributed by atoms with van der Waals surface area (Å²) in [6.07, 6.45) is 12.5. The zero-order valence-corrected chi connectivity index (χ0v) is 17.2. The van der Waals surface area contributed by atoms with Crippen molar-refractivity contribution in [2.75, 3.05) is 27.7 Å². The number of nitrogens with one attached hydrogen (secondary N) is 1. The fourth-order valence-corrected chi connectivity index (χ4v) is 2.73. The molecule has 148 valence electrons. The SMILES string of the molecule is CCCCCCCCCCCCN=C(NC(=O)P(=O)(O)OC)N(C)C. The van der Waals surface area contributed by atoms with Crippen LogP contribution in [0.25, 0.3) is 0 Å². The predicted octanol–water partition coefficient (Wildman–Crippen LogP) is 4.37. The first-order valence-electron chi connectivity index (χ1n) is 9.27. The molecule has 0 aliphatic heterocycles. The van der Waals surface area contributed by atoms with E-state index in [1.54, 1.807) is 19.0 Å². The van der Waals surface area contributed by atoms with Gasteiger partial charge < -0.3 is 14.3 Å². The standard InChI is InChI=1S/C17H36N3O4P/c1-5-6-7-8-9-10-11-12-13-14-15-18-16(20(2)3)19-17(21)25(22,23)24-4/h5-15H2,1-4H3,(H,22,23)(H,18,19,21). The van der Waals surface area contributed by atoms with E-state index in [9.17, 15) is 14.3 Å². The first kappa shape index (κ1) is 24.1. The molecule has 0 saturated carbocycles. The molecule has 0 saturated heterocycles. The fourth-order valence-electron chi connectivity index (χ4n) is 2.33. The van der Waals surface area contributed by atoms with E-state index in [-0.39, 0.29) is 5.96 Å². The predicted molar refractivity (Wildman–Crippen MR) is 103 cm³/mol. The summed E-state index contributed by atoms with van der Waals surface area (Å²) >= 11 is 0. The van der Waals surface area contributed by atoms with Crippen molar-refractivity contribution >= 4 is 19.2 Å². The first-order chi connectivity index (χ1) is 11.8. The highest BCUT2D eigenvalue weighted by Crippen LogP contribution is 2.41. The molecule has 1 amide bonds. The van der Waals surface area contributed by atoms with Gasteiger partial charge in [-0.05, 0) is 6.42 Å². The smallest absolute Gasteiger partial charge is 0.349 e. The Labute approximate surface area is 152 Å². The molecule has 0 spiro atoms. The topological polar surface area (TPSA) is 91.2 Å². The molecule has 0 fully saturated rings. The van der Waals surface area contributed by atoms with Crippen LogP contribution >= 0.6 is 7.60 Å². The minimum atomic E-state index is -4.28. The monoisotopic (exact) mass is 377 g/mol. The van der Waals surface area contributed by atoms with E-state index in [0.717, 1.165) is 20.0 Å². The Bertz CT molecular complexity index is 442. The lowest BCUT2D eigenvalue weighted by molar-refractivity contribution is 0.246. The summed E-state index contributed by atoms with van der Waals surface area (Å²) in [4.78, 5) is 26.9. The quantitative estimate of drug-likeness (QED) is 0.215. The van der Waals surface area contributed by atoms with Crippen LogP contribution < -0.4 is 5.32 Å². The highest BCUT2D eigenvalue weighted by atomic mass is 31.2. The van der Waals surface area contributed by atoms with Crippen molar-refractivity contribution in [3.63, 3.8) is 0 Å². The molecular formula is C17H36N3O4P. The van der Waals surface area contributed by atoms with Crippen LogP contribution in [0.1, 0.15) is 71.1 Å². The van der Waals surface area contributed by atoms with Crippen molar-refractivity contribution in [3.8, 4) is 0 Å². The maximum absolute atomic E-state index is 11.7. The minimum absolute atomic E-state index is 0.271. The van der Waals surface area contributed by atoms with Gasteiger partial charge in [0, 0.05) is 27.7 Å². The molecule has 0 aromatic rings. The second-order valence-electron chi connectivity index (χ2n) is 6.41. The highest BCUT2D eigenvalue weighted by molar-refractivity contribution is 7.70. The third kappa shape index (κ3) is 12.1. The van der Waals surface area contributed by atoms with Crippen molar-refractivity contribution in [2.45, 2.75) is 71.1 Å². The zero-order chi connectivity index (χ0) is 19.1. The summed E-state index contributed by atoms with van der Waals surface area (Å²) in [5.74, 6) is 0.271. The van der Waals surface area contributed by atoms with E-state index in [1.165, 1.54) is 51.4 Å². The van der Waals surface area contributed by atoms with Gasteiger partial charge in [-0.1, -0.05) is 64.7 Å². The number of carbonyl (C=O) groups is 1. The van der Waals surface area contributed by atoms with Crippen LogP contribution in [0, 0.1) is 0 Å². The number of guanidine groups is 1. The normalized spacial score (nSPS) is 14.2. The van der Waals surface area contributed by atoms with Crippen molar-refractivity contribution in [3.05, 3.63) is 0 Å². The Morgan fingerprint density at radius 2 is 1.52 bits per heavy atom. The van der Waals surface area contributed by atoms with Gasteiger partial charge in [0.15, 0.2) is 0 Å². The van der Waals surface area contributed by atoms with Gasteiger partial charge in [0.2, 0.25) is 5.96 Å². The van der Waals surface area contributed by atoms with Crippen LogP contribution in [0.4, 0.5) is 4.79 Å². The molecule has 25 heavy (non-hydrogen) atoms. The number of unbranched alkanes of at least 4 members (excludes halogenated alkanes) is 9. The number of hydrogen-bond donors (Lipinski definition) is 2. The molecule has 0 aliphatic rings. The third-order valence-electron chi connectivity index (χ3n) is 3.92. The van der Waals surface area contributed by atoms with E-state index < -0.39 is 13.2 Å². The number of aliphatic imine (C=N–C) groups is 1. The molecule has 0 aromatic carbocycles. The molecular weight excluding hydrogens is 341 g/mol. The second kappa shape index (κ2) is 14.3. The largest absolute Gasteiger partial charge is 0.415 e. The van der Waals surface area contributed by atoms with Crippen molar-refractivity contribution in [2.24, 2.45) is 4.99 Å². The van der Waals surface area contributed by atoms with Gasteiger partial charge in [0.25, 0.3) is 0 Å². The maximum atomic E-state index is 11.7. The lowest BCUT2D eigenvalue weighted by atomic mass is 10.1. The number of hydrogen-bond acceptors (Lipinski definition) is 4. The van der Waals surface area contributed by atoms with Crippen LogP contribution in [-0.4, -0.2) is 49.2 Å². The molecule has 1 atom stereocenters. The van der Waals surface area contributed by atoms with Crippen LogP contribution in [0.5, 0.6) is 0 Å². The lowest BCUT2D eigenvalue weighted by Crippen LogP contribution is -2.39. The average Bonchev–Trinajstić information content (AvgIpc) is 2.58. The number of rotatable bonds is 13. The minimum Gasteiger partial charge on any atom is -0.349 e. The van der Waals surface area contributed by atoms with Gasteiger partial charge >= 0.3 is 13.2 Å². The summed E-state index contributed by atoms with van der Waals surface area (Å²) in [5, 5.41) is 2.34. The fraction of sp³-hybridized carbons (Fsp3) is 0.882. The summed E-state index contributed by atoms with van der Waals surface area (Å²) in [6.45, 7) is 2.81. The highest BCUT2D eigenvalue weighted by Gasteiger charge is 2.30. The van der Waals surface area contributed by atoms with Crippen LogP contribution in [0.15, 0.2) is 4.99 Å². The molecule has 0 aromatic heterocycles. The maximum Gasteiger partial charge on any atom is 0.415 e. The Morgan fingerprint density at radius 1 is 1.04 bits per heavy atom. The number of amides is 1. The number of nitrogens with zero attached hydrogens (tertiary/aromatic N) is 2. The second-order valence-corrected chi connectivity index (χ2v) is 8.23. The Morgan fingerprint density at radius 3 is 1.96 bits per heavy atom. The first-order valence-corrected chi connectivity index (χ1v) is 10.8. The van der Waals surface area contributed by atoms with Gasteiger partial charge in [0.05, 0.1) is 0 Å². The summed E-state index contributed by atoms with van der Waals surface area (Å²) < 4.78 is 15.8. The Kier molecular flexibility index (Phi) is 13.8. The van der Waals surface area contributed by atoms with Gasteiger partial charge in [-0.3, -0.25) is 15.1 Å². The van der Waals surface area contributed by atoms with E-state index in [0.29, 0.717) is 6.54 Å². The van der Waals surface area contributed by atoms with E-state index in [2.05, 4.69) is 21.8 Å². The van der Waals surface area contributed by atoms with Crippen LogP contribution in [0.3, 0.4) is 0 Å². The molecule has 0 radical (unpaired) electrons. The van der Waals surface area contributed by atoms with E-state index in [1.807, 2.05) is 0 Å². The molecule has 0 heterocycles. The molecule has 1 unspecified atom stereocenters. The van der Waals surface area contributed by atoms with Crippen molar-refractivity contribution in [1.29, 1.82) is 0 Å².